The van der Waals surface area contributed by atoms with E-state index in [1.807, 2.05) is 54.6 Å². The molecule has 1 heterocycles. The molecule has 0 unspecified atom stereocenters. The lowest BCUT2D eigenvalue weighted by atomic mass is 10.1. The molecule has 0 atom stereocenters. The van der Waals surface area contributed by atoms with Crippen molar-refractivity contribution in [2.45, 2.75) is 25.9 Å². The number of piperidine rings is 1. The highest BCUT2D eigenvalue weighted by atomic mass is 127. The first kappa shape index (κ1) is 17.2. The van der Waals surface area contributed by atoms with Gasteiger partial charge >= 0.3 is 6.09 Å². The number of amides is 1. The number of carbonyl (C=O) groups excluding carboxylic acids is 1. The summed E-state index contributed by atoms with van der Waals surface area (Å²) in [6.07, 6.45) is 3.11. The van der Waals surface area contributed by atoms with Crippen LogP contribution in [0, 0.1) is 3.57 Å². The van der Waals surface area contributed by atoms with Gasteiger partial charge < -0.3 is 4.74 Å². The van der Waals surface area contributed by atoms with Crippen molar-refractivity contribution in [1.82, 2.24) is 5.01 Å². The Hall–Kier alpha value is -1.60. The Labute approximate surface area is 156 Å². The third-order valence-electron chi connectivity index (χ3n) is 4.07. The van der Waals surface area contributed by atoms with E-state index < -0.39 is 0 Å². The predicted molar refractivity (Wildman–Crippen MR) is 104 cm³/mol. The van der Waals surface area contributed by atoms with Crippen LogP contribution < -0.4 is 5.01 Å². The monoisotopic (exact) mass is 436 g/mol. The van der Waals surface area contributed by atoms with Gasteiger partial charge in [-0.15, -0.1) is 0 Å². The van der Waals surface area contributed by atoms with Gasteiger partial charge in [0, 0.05) is 16.7 Å². The summed E-state index contributed by atoms with van der Waals surface area (Å²) in [6, 6.07) is 17.7. The number of hydrazine groups is 1. The number of ether oxygens (including phenoxy) is 1. The van der Waals surface area contributed by atoms with Gasteiger partial charge in [0.15, 0.2) is 0 Å². The van der Waals surface area contributed by atoms with Crippen LogP contribution in [0.5, 0.6) is 0 Å². The van der Waals surface area contributed by atoms with Gasteiger partial charge in [-0.2, -0.15) is 0 Å². The molecule has 126 valence electrons. The van der Waals surface area contributed by atoms with Crippen LogP contribution in [0.25, 0.3) is 0 Å². The molecule has 1 saturated heterocycles. The summed E-state index contributed by atoms with van der Waals surface area (Å²) in [5.41, 5.74) is 1.88. The van der Waals surface area contributed by atoms with E-state index in [9.17, 15) is 4.79 Å². The standard InChI is InChI=1S/C19H21IN2O2/c20-17-11-5-6-12-18(17)22(21-13-7-2-8-14-21)19(23)24-15-16-9-3-1-4-10-16/h1,3-6,9-12H,2,7-8,13-15H2. The number of carbonyl (C=O) groups is 1. The van der Waals surface area contributed by atoms with Gasteiger partial charge in [-0.3, -0.25) is 0 Å². The SMILES string of the molecule is O=C(OCc1ccccc1)N(c1ccccc1I)N1CCCCC1. The van der Waals surface area contributed by atoms with Gasteiger partial charge in [0.25, 0.3) is 0 Å². The average molecular weight is 436 g/mol. The van der Waals surface area contributed by atoms with Crippen molar-refractivity contribution in [2.75, 3.05) is 18.1 Å². The van der Waals surface area contributed by atoms with Crippen molar-refractivity contribution < 1.29 is 9.53 Å². The van der Waals surface area contributed by atoms with Crippen molar-refractivity contribution in [3.63, 3.8) is 0 Å². The molecule has 2 aromatic carbocycles. The second-order valence-electron chi connectivity index (χ2n) is 5.82. The number of rotatable bonds is 4. The Kier molecular flexibility index (Phi) is 6.09. The Balaban J connectivity index is 1.78. The molecule has 1 fully saturated rings. The summed E-state index contributed by atoms with van der Waals surface area (Å²) in [4.78, 5) is 12.8. The largest absolute Gasteiger partial charge is 0.443 e. The normalized spacial score (nSPS) is 15.0. The smallest absolute Gasteiger partial charge is 0.429 e. The van der Waals surface area contributed by atoms with Crippen LogP contribution >= 0.6 is 22.6 Å². The number of para-hydroxylation sites is 1. The number of benzene rings is 2. The summed E-state index contributed by atoms with van der Waals surface area (Å²) >= 11 is 2.27. The second kappa shape index (κ2) is 8.48. The van der Waals surface area contributed by atoms with Gasteiger partial charge in [-0.25, -0.2) is 14.8 Å². The molecule has 1 aliphatic rings. The van der Waals surface area contributed by atoms with Gasteiger partial charge in [0.1, 0.15) is 6.61 Å². The highest BCUT2D eigenvalue weighted by Crippen LogP contribution is 2.26. The van der Waals surface area contributed by atoms with E-state index >= 15 is 0 Å². The highest BCUT2D eigenvalue weighted by Gasteiger charge is 2.27. The number of hydrogen-bond acceptors (Lipinski definition) is 3. The summed E-state index contributed by atoms with van der Waals surface area (Å²) in [6.45, 7) is 2.05. The van der Waals surface area contributed by atoms with E-state index in [0.717, 1.165) is 40.8 Å². The van der Waals surface area contributed by atoms with Crippen LogP contribution in [0.3, 0.4) is 0 Å². The molecule has 0 spiro atoms. The van der Waals surface area contributed by atoms with Gasteiger partial charge in [-0.1, -0.05) is 48.9 Å². The minimum absolute atomic E-state index is 0.285. The Bertz CT molecular complexity index is 672. The fourth-order valence-corrected chi connectivity index (χ4v) is 3.46. The highest BCUT2D eigenvalue weighted by molar-refractivity contribution is 14.1. The van der Waals surface area contributed by atoms with E-state index in [0.29, 0.717) is 0 Å². The topological polar surface area (TPSA) is 32.8 Å². The Morgan fingerprint density at radius 2 is 1.67 bits per heavy atom. The molecule has 24 heavy (non-hydrogen) atoms. The molecule has 0 radical (unpaired) electrons. The molecule has 0 bridgehead atoms. The molecule has 0 aromatic heterocycles. The Morgan fingerprint density at radius 3 is 2.38 bits per heavy atom. The number of hydrogen-bond donors (Lipinski definition) is 0. The lowest BCUT2D eigenvalue weighted by Crippen LogP contribution is -2.49. The quantitative estimate of drug-likeness (QED) is 0.644. The maximum Gasteiger partial charge on any atom is 0.429 e. The number of anilines is 1. The van der Waals surface area contributed by atoms with E-state index in [1.54, 1.807) is 5.01 Å². The molecule has 0 N–H and O–H groups in total. The van der Waals surface area contributed by atoms with Gasteiger partial charge in [0.05, 0.1) is 5.69 Å². The molecule has 5 heteroatoms. The molecular formula is C19H21IN2O2. The fraction of sp³-hybridized carbons (Fsp3) is 0.316. The second-order valence-corrected chi connectivity index (χ2v) is 6.98. The van der Waals surface area contributed by atoms with Crippen LogP contribution in [-0.2, 0) is 11.3 Å². The first-order chi connectivity index (χ1) is 11.8. The predicted octanol–water partition coefficient (Wildman–Crippen LogP) is 4.84. The minimum Gasteiger partial charge on any atom is -0.443 e. The molecular weight excluding hydrogens is 415 g/mol. The summed E-state index contributed by atoms with van der Waals surface area (Å²) in [5.74, 6) is 0. The van der Waals surface area contributed by atoms with Crippen LogP contribution in [0.4, 0.5) is 10.5 Å². The zero-order valence-corrected chi connectivity index (χ0v) is 15.7. The van der Waals surface area contributed by atoms with Crippen molar-refractivity contribution >= 4 is 34.4 Å². The summed E-state index contributed by atoms with van der Waals surface area (Å²) in [5, 5.41) is 3.82. The lowest BCUT2D eigenvalue weighted by molar-refractivity contribution is 0.116. The molecule has 1 amide bonds. The van der Waals surface area contributed by atoms with E-state index in [2.05, 4.69) is 27.6 Å². The first-order valence-corrected chi connectivity index (χ1v) is 9.34. The van der Waals surface area contributed by atoms with E-state index in [4.69, 9.17) is 4.74 Å². The number of halogens is 1. The third kappa shape index (κ3) is 4.27. The van der Waals surface area contributed by atoms with Gasteiger partial charge in [-0.05, 0) is 53.1 Å². The zero-order valence-electron chi connectivity index (χ0n) is 13.5. The van der Waals surface area contributed by atoms with Crippen molar-refractivity contribution in [2.24, 2.45) is 0 Å². The Morgan fingerprint density at radius 1 is 1.00 bits per heavy atom. The maximum absolute atomic E-state index is 12.8. The molecule has 0 aliphatic carbocycles. The van der Waals surface area contributed by atoms with Crippen LogP contribution in [0.15, 0.2) is 54.6 Å². The van der Waals surface area contributed by atoms with Gasteiger partial charge in [0.2, 0.25) is 0 Å². The molecule has 0 saturated carbocycles. The fourth-order valence-electron chi connectivity index (χ4n) is 2.85. The van der Waals surface area contributed by atoms with Crippen LogP contribution in [-0.4, -0.2) is 24.2 Å². The minimum atomic E-state index is -0.315. The maximum atomic E-state index is 12.8. The zero-order chi connectivity index (χ0) is 16.8. The summed E-state index contributed by atoms with van der Waals surface area (Å²) in [7, 11) is 0. The van der Waals surface area contributed by atoms with E-state index in [1.165, 1.54) is 6.42 Å². The van der Waals surface area contributed by atoms with Crippen molar-refractivity contribution in [1.29, 1.82) is 0 Å². The van der Waals surface area contributed by atoms with E-state index in [-0.39, 0.29) is 12.7 Å². The molecule has 1 aliphatic heterocycles. The molecule has 4 nitrogen and oxygen atoms in total. The van der Waals surface area contributed by atoms with Crippen LogP contribution in [0.2, 0.25) is 0 Å². The lowest BCUT2D eigenvalue weighted by Gasteiger charge is -2.36. The van der Waals surface area contributed by atoms with Crippen molar-refractivity contribution in [3.05, 3.63) is 63.7 Å². The van der Waals surface area contributed by atoms with Crippen molar-refractivity contribution in [3.8, 4) is 0 Å². The third-order valence-corrected chi connectivity index (χ3v) is 4.99. The summed E-state index contributed by atoms with van der Waals surface area (Å²) < 4.78 is 6.63. The molecule has 2 aromatic rings. The number of nitrogens with zero attached hydrogens (tertiary/aromatic N) is 2. The average Bonchev–Trinajstić information content (AvgIpc) is 2.64. The van der Waals surface area contributed by atoms with Crippen LogP contribution in [0.1, 0.15) is 24.8 Å². The first-order valence-electron chi connectivity index (χ1n) is 8.26. The molecule has 3 rings (SSSR count).